The number of hydrogen-bond donors (Lipinski definition) is 0. The van der Waals surface area contributed by atoms with Gasteiger partial charge in [0.15, 0.2) is 0 Å². The van der Waals surface area contributed by atoms with Gasteiger partial charge in [0.1, 0.15) is 17.4 Å². The third-order valence-electron chi connectivity index (χ3n) is 2.66. The Morgan fingerprint density at radius 1 is 1.16 bits per heavy atom. The van der Waals surface area contributed by atoms with Crippen molar-refractivity contribution < 1.29 is 13.5 Å². The molecule has 100 valence electrons. The number of alkyl halides is 1. The minimum atomic E-state index is -0.766. The third kappa shape index (κ3) is 3.25. The van der Waals surface area contributed by atoms with Crippen molar-refractivity contribution in [2.45, 2.75) is 5.38 Å². The van der Waals surface area contributed by atoms with E-state index >= 15 is 0 Å². The first-order valence-electron chi connectivity index (χ1n) is 5.44. The molecule has 0 fully saturated rings. The molecule has 0 saturated heterocycles. The molecule has 0 heterocycles. The molecule has 0 radical (unpaired) electrons. The smallest absolute Gasteiger partial charge is 0.131 e. The lowest BCUT2D eigenvalue weighted by Gasteiger charge is -2.13. The van der Waals surface area contributed by atoms with Crippen LogP contribution in [0.5, 0.6) is 5.75 Å². The first-order chi connectivity index (χ1) is 9.01. The summed E-state index contributed by atoms with van der Waals surface area (Å²) in [5.41, 5.74) is 0.762. The summed E-state index contributed by atoms with van der Waals surface area (Å²) >= 11 is 9.39. The van der Waals surface area contributed by atoms with Gasteiger partial charge in [0.25, 0.3) is 0 Å². The Morgan fingerprint density at radius 2 is 1.89 bits per heavy atom. The fourth-order valence-electron chi connectivity index (χ4n) is 1.74. The number of ether oxygens (including phenoxy) is 1. The van der Waals surface area contributed by atoms with Crippen LogP contribution >= 0.6 is 27.5 Å². The minimum absolute atomic E-state index is 0.278. The van der Waals surface area contributed by atoms with E-state index in [-0.39, 0.29) is 5.56 Å². The van der Waals surface area contributed by atoms with Crippen LogP contribution in [-0.4, -0.2) is 7.11 Å². The molecule has 0 spiro atoms. The second kappa shape index (κ2) is 5.88. The van der Waals surface area contributed by atoms with Gasteiger partial charge in [-0.3, -0.25) is 0 Å². The van der Waals surface area contributed by atoms with Gasteiger partial charge >= 0.3 is 0 Å². The van der Waals surface area contributed by atoms with Gasteiger partial charge in [-0.25, -0.2) is 8.78 Å². The Balaban J connectivity index is 2.40. The number of methoxy groups -OCH3 is 1. The van der Waals surface area contributed by atoms with Crippen LogP contribution in [-0.2, 0) is 0 Å². The van der Waals surface area contributed by atoms with Gasteiger partial charge in [-0.05, 0) is 29.8 Å². The maximum Gasteiger partial charge on any atom is 0.131 e. The summed E-state index contributed by atoms with van der Waals surface area (Å²) < 4.78 is 32.7. The van der Waals surface area contributed by atoms with Crippen molar-refractivity contribution in [1.82, 2.24) is 0 Å². The van der Waals surface area contributed by atoms with E-state index in [0.29, 0.717) is 15.8 Å². The van der Waals surface area contributed by atoms with Gasteiger partial charge in [-0.15, -0.1) is 11.6 Å². The van der Waals surface area contributed by atoms with Crippen molar-refractivity contribution in [3.8, 4) is 5.75 Å². The number of benzene rings is 2. The molecule has 0 aliphatic rings. The summed E-state index contributed by atoms with van der Waals surface area (Å²) in [6.07, 6.45) is 0. The van der Waals surface area contributed by atoms with Crippen LogP contribution in [0.3, 0.4) is 0 Å². The lowest BCUT2D eigenvalue weighted by Crippen LogP contribution is -1.98. The Morgan fingerprint density at radius 3 is 2.47 bits per heavy atom. The monoisotopic (exact) mass is 346 g/mol. The highest BCUT2D eigenvalue weighted by Gasteiger charge is 2.17. The van der Waals surface area contributed by atoms with Crippen LogP contribution < -0.4 is 4.74 Å². The zero-order chi connectivity index (χ0) is 14.0. The zero-order valence-corrected chi connectivity index (χ0v) is 12.3. The minimum Gasteiger partial charge on any atom is -0.497 e. The highest BCUT2D eigenvalue weighted by atomic mass is 79.9. The number of halogens is 4. The number of rotatable bonds is 3. The average Bonchev–Trinajstić information content (AvgIpc) is 2.36. The van der Waals surface area contributed by atoms with Gasteiger partial charge < -0.3 is 4.74 Å². The average molecular weight is 348 g/mol. The van der Waals surface area contributed by atoms with E-state index in [1.807, 2.05) is 0 Å². The first kappa shape index (κ1) is 14.3. The molecule has 0 aromatic heterocycles. The molecule has 2 aromatic carbocycles. The molecular weight excluding hydrogens is 338 g/mol. The predicted octanol–water partition coefficient (Wildman–Crippen LogP) is 5.06. The third-order valence-corrected chi connectivity index (χ3v) is 3.60. The van der Waals surface area contributed by atoms with Gasteiger partial charge in [0.05, 0.1) is 12.5 Å². The molecule has 1 nitrogen and oxygen atoms in total. The van der Waals surface area contributed by atoms with E-state index in [1.165, 1.54) is 31.4 Å². The molecule has 0 bridgehead atoms. The van der Waals surface area contributed by atoms with E-state index < -0.39 is 17.0 Å². The van der Waals surface area contributed by atoms with Crippen molar-refractivity contribution in [1.29, 1.82) is 0 Å². The van der Waals surface area contributed by atoms with E-state index in [2.05, 4.69) is 15.9 Å². The van der Waals surface area contributed by atoms with Crippen molar-refractivity contribution in [3.05, 3.63) is 63.6 Å². The highest BCUT2D eigenvalue weighted by Crippen LogP contribution is 2.33. The van der Waals surface area contributed by atoms with Crippen LogP contribution in [0.1, 0.15) is 16.5 Å². The highest BCUT2D eigenvalue weighted by molar-refractivity contribution is 9.10. The summed E-state index contributed by atoms with van der Waals surface area (Å²) in [5.74, 6) is -0.505. The topological polar surface area (TPSA) is 9.23 Å². The Hall–Kier alpha value is -1.13. The molecule has 0 amide bonds. The van der Waals surface area contributed by atoms with Crippen LogP contribution in [0, 0.1) is 11.6 Å². The molecule has 19 heavy (non-hydrogen) atoms. The van der Waals surface area contributed by atoms with Crippen LogP contribution in [0.25, 0.3) is 0 Å². The summed E-state index contributed by atoms with van der Waals surface area (Å²) in [6.45, 7) is 0. The zero-order valence-electron chi connectivity index (χ0n) is 9.96. The van der Waals surface area contributed by atoms with Crippen molar-refractivity contribution in [2.24, 2.45) is 0 Å². The molecular formula is C14H10BrClF2O. The Labute approximate surface area is 123 Å². The Kier molecular flexibility index (Phi) is 4.42. The second-order valence-corrected chi connectivity index (χ2v) is 5.30. The van der Waals surface area contributed by atoms with Gasteiger partial charge in [0, 0.05) is 16.1 Å². The lowest BCUT2D eigenvalue weighted by molar-refractivity contribution is 0.410. The fraction of sp³-hybridized carbons (Fsp3) is 0.143. The van der Waals surface area contributed by atoms with Crippen LogP contribution in [0.4, 0.5) is 8.78 Å². The number of hydrogen-bond acceptors (Lipinski definition) is 1. The Bertz CT molecular complexity index is 584. The van der Waals surface area contributed by atoms with Gasteiger partial charge in [-0.2, -0.15) is 0 Å². The summed E-state index contributed by atoms with van der Waals surface area (Å²) in [6, 6.07) is 8.65. The SMILES string of the molecule is COc1ccc(C(Cl)c2cc(F)cc(Br)c2)c(F)c1. The molecule has 0 aliphatic carbocycles. The van der Waals surface area contributed by atoms with Crippen LogP contribution in [0.15, 0.2) is 40.9 Å². The van der Waals surface area contributed by atoms with E-state index in [0.717, 1.165) is 0 Å². The molecule has 1 atom stereocenters. The normalized spacial score (nSPS) is 12.3. The van der Waals surface area contributed by atoms with Crippen LogP contribution in [0.2, 0.25) is 0 Å². The molecule has 1 unspecified atom stereocenters. The van der Waals surface area contributed by atoms with Gasteiger partial charge in [-0.1, -0.05) is 22.0 Å². The molecule has 0 saturated carbocycles. The van der Waals surface area contributed by atoms with Gasteiger partial charge in [0.2, 0.25) is 0 Å². The molecule has 5 heteroatoms. The fourth-order valence-corrected chi connectivity index (χ4v) is 2.53. The standard InChI is InChI=1S/C14H10BrClF2O/c1-19-11-2-3-12(13(18)7-11)14(16)8-4-9(15)6-10(17)5-8/h2-7,14H,1H3. The van der Waals surface area contributed by atoms with Crippen molar-refractivity contribution >= 4 is 27.5 Å². The molecule has 2 aromatic rings. The lowest BCUT2D eigenvalue weighted by atomic mass is 10.0. The van der Waals surface area contributed by atoms with Crippen molar-refractivity contribution in [3.63, 3.8) is 0 Å². The largest absolute Gasteiger partial charge is 0.497 e. The summed E-state index contributed by atoms with van der Waals surface area (Å²) in [7, 11) is 1.45. The summed E-state index contributed by atoms with van der Waals surface area (Å²) in [4.78, 5) is 0. The molecule has 0 aliphatic heterocycles. The van der Waals surface area contributed by atoms with E-state index in [1.54, 1.807) is 12.1 Å². The molecule has 0 N–H and O–H groups in total. The quantitative estimate of drug-likeness (QED) is 0.705. The van der Waals surface area contributed by atoms with Crippen molar-refractivity contribution in [2.75, 3.05) is 7.11 Å². The summed E-state index contributed by atoms with van der Waals surface area (Å²) in [5, 5.41) is -0.766. The second-order valence-electron chi connectivity index (χ2n) is 3.95. The van der Waals surface area contributed by atoms with E-state index in [4.69, 9.17) is 16.3 Å². The predicted molar refractivity (Wildman–Crippen MR) is 74.7 cm³/mol. The maximum absolute atomic E-state index is 13.9. The maximum atomic E-state index is 13.9. The first-order valence-corrected chi connectivity index (χ1v) is 6.67. The van der Waals surface area contributed by atoms with E-state index in [9.17, 15) is 8.78 Å². The molecule has 2 rings (SSSR count).